The van der Waals surface area contributed by atoms with Crippen LogP contribution in [0.4, 0.5) is 18.9 Å². The number of benzene rings is 1. The van der Waals surface area contributed by atoms with Crippen LogP contribution in [0.2, 0.25) is 0 Å². The average molecular weight is 392 g/mol. The van der Waals surface area contributed by atoms with Crippen LogP contribution in [0.1, 0.15) is 32.8 Å². The van der Waals surface area contributed by atoms with Crippen LogP contribution in [0.5, 0.6) is 0 Å². The Kier molecular flexibility index (Phi) is 3.80. The van der Waals surface area contributed by atoms with E-state index in [1.807, 2.05) is 0 Å². The molecule has 1 aromatic rings. The molecule has 5 nitrogen and oxygen atoms in total. The highest BCUT2D eigenvalue weighted by molar-refractivity contribution is 6.13. The summed E-state index contributed by atoms with van der Waals surface area (Å²) in [6.45, 7) is 5.11. The third-order valence-electron chi connectivity index (χ3n) is 5.61. The first kappa shape index (κ1) is 18.7. The third-order valence-corrected chi connectivity index (χ3v) is 5.61. The molecular formula is C20H19F3N2O3. The second kappa shape index (κ2) is 5.68. The molecule has 1 fully saturated rings. The van der Waals surface area contributed by atoms with Crippen LogP contribution in [0, 0.1) is 11.8 Å². The van der Waals surface area contributed by atoms with Crippen LogP contribution in [0.15, 0.2) is 30.3 Å². The molecule has 8 heteroatoms. The van der Waals surface area contributed by atoms with Gasteiger partial charge < -0.3 is 0 Å². The number of para-hydroxylation sites is 1. The normalized spacial score (nSPS) is 26.8. The van der Waals surface area contributed by atoms with Crippen molar-refractivity contribution >= 4 is 29.0 Å². The molecule has 28 heavy (non-hydrogen) atoms. The summed E-state index contributed by atoms with van der Waals surface area (Å²) in [7, 11) is 0. The number of hydrogen-bond acceptors (Lipinski definition) is 3. The number of rotatable bonds is 0. The maximum atomic E-state index is 13.4. The molecule has 2 aliphatic heterocycles. The van der Waals surface area contributed by atoms with Crippen molar-refractivity contribution < 1.29 is 27.6 Å². The van der Waals surface area contributed by atoms with Crippen molar-refractivity contribution in [2.24, 2.45) is 11.8 Å². The monoisotopic (exact) mass is 392 g/mol. The molecule has 3 aliphatic rings. The van der Waals surface area contributed by atoms with Crippen LogP contribution in [-0.2, 0) is 14.4 Å². The van der Waals surface area contributed by atoms with Gasteiger partial charge in [0.25, 0.3) is 0 Å². The third kappa shape index (κ3) is 2.43. The number of amides is 3. The molecule has 0 radical (unpaired) electrons. The maximum absolute atomic E-state index is 13.4. The zero-order chi connectivity index (χ0) is 20.6. The van der Waals surface area contributed by atoms with E-state index in [-0.39, 0.29) is 12.1 Å². The highest BCUT2D eigenvalue weighted by atomic mass is 19.4. The Bertz CT molecular complexity index is 929. The van der Waals surface area contributed by atoms with Crippen molar-refractivity contribution in [2.75, 3.05) is 4.90 Å². The molecule has 0 spiro atoms. The van der Waals surface area contributed by atoms with Gasteiger partial charge in [-0.2, -0.15) is 13.2 Å². The minimum atomic E-state index is -5.09. The van der Waals surface area contributed by atoms with E-state index in [2.05, 4.69) is 0 Å². The molecule has 1 saturated heterocycles. The van der Waals surface area contributed by atoms with E-state index in [0.717, 1.165) is 4.90 Å². The fraction of sp³-hybridized carbons (Fsp3) is 0.450. The Labute approximate surface area is 159 Å². The second-order valence-electron chi connectivity index (χ2n) is 8.35. The lowest BCUT2D eigenvalue weighted by molar-refractivity contribution is -0.171. The van der Waals surface area contributed by atoms with Crippen molar-refractivity contribution in [3.63, 3.8) is 0 Å². The van der Waals surface area contributed by atoms with Crippen LogP contribution in [0.3, 0.4) is 0 Å². The number of imide groups is 1. The Hall–Kier alpha value is -2.64. The van der Waals surface area contributed by atoms with E-state index in [1.165, 1.54) is 6.07 Å². The number of anilines is 1. The lowest BCUT2D eigenvalue weighted by Gasteiger charge is -2.34. The number of hydrogen-bond donors (Lipinski definition) is 0. The van der Waals surface area contributed by atoms with Crippen molar-refractivity contribution in [3.8, 4) is 0 Å². The van der Waals surface area contributed by atoms with Gasteiger partial charge >= 0.3 is 12.1 Å². The van der Waals surface area contributed by atoms with Gasteiger partial charge in [0, 0.05) is 11.1 Å². The number of likely N-dealkylation sites (tertiary alicyclic amines) is 1. The molecule has 1 unspecified atom stereocenters. The average Bonchev–Trinajstić information content (AvgIpc) is 3.05. The Morgan fingerprint density at radius 3 is 2.32 bits per heavy atom. The first-order chi connectivity index (χ1) is 12.9. The number of allylic oxidation sites excluding steroid dienone is 1. The molecule has 2 heterocycles. The summed E-state index contributed by atoms with van der Waals surface area (Å²) in [6.07, 6.45) is -3.13. The fourth-order valence-corrected chi connectivity index (χ4v) is 4.60. The molecule has 0 saturated carbocycles. The zero-order valence-corrected chi connectivity index (χ0v) is 15.6. The van der Waals surface area contributed by atoms with Crippen molar-refractivity contribution in [3.05, 3.63) is 35.9 Å². The predicted octanol–water partition coefficient (Wildman–Crippen LogP) is 3.15. The minimum absolute atomic E-state index is 0.121. The van der Waals surface area contributed by atoms with Gasteiger partial charge in [0.2, 0.25) is 11.8 Å². The number of carbonyl (C=O) groups is 3. The van der Waals surface area contributed by atoms with Gasteiger partial charge in [0.15, 0.2) is 0 Å². The molecule has 1 aliphatic carbocycles. The number of alkyl halides is 3. The largest absolute Gasteiger partial charge is 0.471 e. The van der Waals surface area contributed by atoms with E-state index < -0.39 is 47.3 Å². The Morgan fingerprint density at radius 1 is 1.07 bits per heavy atom. The molecule has 0 N–H and O–H groups in total. The van der Waals surface area contributed by atoms with E-state index >= 15 is 0 Å². The summed E-state index contributed by atoms with van der Waals surface area (Å²) in [5.74, 6) is -4.73. The lowest BCUT2D eigenvalue weighted by Crippen LogP contribution is -2.52. The van der Waals surface area contributed by atoms with E-state index in [4.69, 9.17) is 0 Å². The summed E-state index contributed by atoms with van der Waals surface area (Å²) in [4.78, 5) is 40.2. The molecule has 4 rings (SSSR count). The van der Waals surface area contributed by atoms with Crippen LogP contribution < -0.4 is 4.90 Å². The van der Waals surface area contributed by atoms with Crippen molar-refractivity contribution in [2.45, 2.75) is 44.9 Å². The van der Waals surface area contributed by atoms with Gasteiger partial charge in [-0.1, -0.05) is 24.3 Å². The van der Waals surface area contributed by atoms with Crippen LogP contribution in [0.25, 0.3) is 5.57 Å². The first-order valence-corrected chi connectivity index (χ1v) is 9.02. The SMILES string of the molecule is CC(C)(C)N1C(=O)[C@H]2CC=C3c4ccccc4N(C(=O)C(F)(F)F)C3[C@H]2C1=O. The number of fused-ring (bicyclic) bond motifs is 5. The molecule has 148 valence electrons. The molecule has 3 atom stereocenters. The van der Waals surface area contributed by atoms with Crippen LogP contribution >= 0.6 is 0 Å². The molecular weight excluding hydrogens is 373 g/mol. The van der Waals surface area contributed by atoms with Gasteiger partial charge in [0.05, 0.1) is 23.6 Å². The standard InChI is InChI=1S/C20H19F3N2O3/c1-19(2,3)25-16(26)12-9-8-11-10-6-4-5-7-13(10)24(18(28)20(21,22)23)15(11)14(12)17(25)27/h4-8,12,14-15H,9H2,1-3H3/t12-,14-,15?/m0/s1. The molecule has 1 aromatic carbocycles. The summed E-state index contributed by atoms with van der Waals surface area (Å²) < 4.78 is 40.1. The number of halogens is 3. The Morgan fingerprint density at radius 2 is 1.71 bits per heavy atom. The highest BCUT2D eigenvalue weighted by Crippen LogP contribution is 2.52. The predicted molar refractivity (Wildman–Crippen MR) is 95.0 cm³/mol. The number of carbonyl (C=O) groups excluding carboxylic acids is 3. The maximum Gasteiger partial charge on any atom is 0.471 e. The topological polar surface area (TPSA) is 57.7 Å². The summed E-state index contributed by atoms with van der Waals surface area (Å²) in [6, 6.07) is 5.17. The van der Waals surface area contributed by atoms with E-state index in [0.29, 0.717) is 16.0 Å². The lowest BCUT2D eigenvalue weighted by atomic mass is 9.76. The Balaban J connectivity index is 1.87. The highest BCUT2D eigenvalue weighted by Gasteiger charge is 2.61. The zero-order valence-electron chi connectivity index (χ0n) is 15.6. The van der Waals surface area contributed by atoms with E-state index in [1.54, 1.807) is 45.0 Å². The number of nitrogens with zero attached hydrogens (tertiary/aromatic N) is 2. The summed E-state index contributed by atoms with van der Waals surface area (Å²) in [5.41, 5.74) is 0.330. The van der Waals surface area contributed by atoms with Gasteiger partial charge in [0.1, 0.15) is 0 Å². The van der Waals surface area contributed by atoms with Gasteiger partial charge in [-0.25, -0.2) is 0 Å². The first-order valence-electron chi connectivity index (χ1n) is 9.02. The molecule has 0 aromatic heterocycles. The summed E-state index contributed by atoms with van der Waals surface area (Å²) >= 11 is 0. The van der Waals surface area contributed by atoms with E-state index in [9.17, 15) is 27.6 Å². The van der Waals surface area contributed by atoms with Gasteiger partial charge in [-0.3, -0.25) is 24.2 Å². The minimum Gasteiger partial charge on any atom is -0.296 e. The van der Waals surface area contributed by atoms with Crippen LogP contribution in [-0.4, -0.2) is 40.4 Å². The second-order valence-corrected chi connectivity index (χ2v) is 8.35. The van der Waals surface area contributed by atoms with Crippen molar-refractivity contribution in [1.29, 1.82) is 0 Å². The molecule has 0 bridgehead atoms. The fourth-order valence-electron chi connectivity index (χ4n) is 4.60. The molecule has 3 amide bonds. The smallest absolute Gasteiger partial charge is 0.296 e. The quantitative estimate of drug-likeness (QED) is 0.638. The summed E-state index contributed by atoms with van der Waals surface area (Å²) in [5, 5.41) is 0. The van der Waals surface area contributed by atoms with Gasteiger partial charge in [-0.05, 0) is 38.8 Å². The van der Waals surface area contributed by atoms with Gasteiger partial charge in [-0.15, -0.1) is 0 Å². The van der Waals surface area contributed by atoms with Crippen molar-refractivity contribution in [1.82, 2.24) is 4.90 Å².